The monoisotopic (exact) mass is 536 g/mol. The molecule has 0 unspecified atom stereocenters. The van der Waals surface area contributed by atoms with Gasteiger partial charge in [-0.15, -0.1) is 0 Å². The molecule has 0 bridgehead atoms. The van der Waals surface area contributed by atoms with Crippen LogP contribution < -0.4 is 5.32 Å². The number of amides is 1. The molecule has 2 fully saturated rings. The van der Waals surface area contributed by atoms with E-state index in [2.05, 4.69) is 10.2 Å². The van der Waals surface area contributed by atoms with E-state index in [0.29, 0.717) is 23.3 Å². The first-order valence-corrected chi connectivity index (χ1v) is 14.3. The van der Waals surface area contributed by atoms with E-state index in [1.165, 1.54) is 24.0 Å². The number of halogens is 3. The normalized spacial score (nSPS) is 21.3. The number of nitrogens with zero attached hydrogens (tertiary/aromatic N) is 1. The lowest BCUT2D eigenvalue weighted by atomic mass is 9.79. The maximum absolute atomic E-state index is 12.8. The quantitative estimate of drug-likeness (QED) is 0.539. The zero-order chi connectivity index (χ0) is 26.8. The third-order valence-electron chi connectivity index (χ3n) is 7.39. The van der Waals surface area contributed by atoms with Gasteiger partial charge in [-0.1, -0.05) is 18.2 Å². The van der Waals surface area contributed by atoms with Crippen LogP contribution in [0.3, 0.4) is 0 Å². The zero-order valence-electron chi connectivity index (χ0n) is 20.6. The molecule has 1 aliphatic carbocycles. The van der Waals surface area contributed by atoms with Gasteiger partial charge in [-0.25, -0.2) is 8.42 Å². The van der Waals surface area contributed by atoms with E-state index in [1.807, 2.05) is 12.1 Å². The van der Waals surface area contributed by atoms with Crippen molar-refractivity contribution < 1.29 is 31.2 Å². The Hall–Kier alpha value is -2.72. The number of sulfone groups is 1. The molecule has 1 amide bonds. The zero-order valence-corrected chi connectivity index (χ0v) is 21.4. The van der Waals surface area contributed by atoms with Crippen molar-refractivity contribution in [2.75, 3.05) is 25.9 Å². The van der Waals surface area contributed by atoms with Crippen LogP contribution in [0.15, 0.2) is 53.4 Å². The molecule has 0 aromatic heterocycles. The van der Waals surface area contributed by atoms with Gasteiger partial charge in [0.15, 0.2) is 15.6 Å². The Morgan fingerprint density at radius 2 is 1.65 bits per heavy atom. The van der Waals surface area contributed by atoms with Crippen molar-refractivity contribution in [2.24, 2.45) is 5.92 Å². The number of hydrogen-bond donors (Lipinski definition) is 1. The second kappa shape index (κ2) is 10.9. The van der Waals surface area contributed by atoms with Crippen LogP contribution in [0.5, 0.6) is 0 Å². The maximum Gasteiger partial charge on any atom is 0.416 e. The molecule has 200 valence electrons. The summed E-state index contributed by atoms with van der Waals surface area (Å²) >= 11 is 0. The molecule has 1 heterocycles. The van der Waals surface area contributed by atoms with Crippen LogP contribution in [-0.2, 0) is 20.8 Å². The minimum atomic E-state index is -4.53. The topological polar surface area (TPSA) is 83.6 Å². The number of rotatable bonds is 8. The van der Waals surface area contributed by atoms with Crippen molar-refractivity contribution in [1.82, 2.24) is 10.2 Å². The van der Waals surface area contributed by atoms with E-state index in [1.54, 1.807) is 12.1 Å². The van der Waals surface area contributed by atoms with Crippen molar-refractivity contribution in [3.8, 4) is 0 Å². The molecule has 0 radical (unpaired) electrons. The lowest BCUT2D eigenvalue weighted by molar-refractivity contribution is -0.137. The Balaban J connectivity index is 1.16. The fourth-order valence-corrected chi connectivity index (χ4v) is 5.94. The fraction of sp³-hybridized carbons (Fsp3) is 0.481. The molecule has 37 heavy (non-hydrogen) atoms. The van der Waals surface area contributed by atoms with E-state index in [0.717, 1.165) is 50.9 Å². The Labute approximate surface area is 215 Å². The Bertz CT molecular complexity index is 1230. The van der Waals surface area contributed by atoms with Crippen LogP contribution in [0.25, 0.3) is 0 Å². The minimum Gasteiger partial charge on any atom is -0.345 e. The molecule has 0 spiro atoms. The highest BCUT2D eigenvalue weighted by atomic mass is 32.2. The molecule has 4 rings (SSSR count). The first-order chi connectivity index (χ1) is 17.4. The second-order valence-electron chi connectivity index (χ2n) is 10.2. The minimum absolute atomic E-state index is 0.126. The molecule has 1 aliphatic heterocycles. The van der Waals surface area contributed by atoms with E-state index in [-0.39, 0.29) is 23.8 Å². The lowest BCUT2D eigenvalue weighted by Crippen LogP contribution is -2.53. The van der Waals surface area contributed by atoms with Gasteiger partial charge in [-0.3, -0.25) is 14.5 Å². The van der Waals surface area contributed by atoms with Crippen LogP contribution in [0, 0.1) is 5.92 Å². The molecule has 1 saturated heterocycles. The number of nitrogens with one attached hydrogen (secondary N) is 1. The molecular formula is C27H31F3N2O4S. The molecule has 10 heteroatoms. The number of carbonyl (C=O) groups is 2. The SMILES string of the molecule is CS(=O)(=O)c1ccc(C2CCC(N3CC(CC(=O)CNC(=O)c4cccc(C(F)(F)F)c4)C3)CC2)cc1. The van der Waals surface area contributed by atoms with Gasteiger partial charge in [0.05, 0.1) is 17.0 Å². The van der Waals surface area contributed by atoms with Gasteiger partial charge in [0, 0.05) is 37.4 Å². The molecule has 6 nitrogen and oxygen atoms in total. The smallest absolute Gasteiger partial charge is 0.345 e. The summed E-state index contributed by atoms with van der Waals surface area (Å²) in [5.41, 5.74) is 0.143. The fourth-order valence-electron chi connectivity index (χ4n) is 5.31. The standard InChI is InChI=1S/C27H31F3N2O4S/c1-37(35,36)25-11-7-20(8-12-25)19-5-9-23(10-6-19)32-16-18(17-32)13-24(33)15-31-26(34)21-3-2-4-22(14-21)27(28,29)30/h2-4,7-8,11-12,14,18-19,23H,5-6,9-10,13,15-17H2,1H3,(H,31,34). The summed E-state index contributed by atoms with van der Waals surface area (Å²) in [5, 5.41) is 2.43. The average molecular weight is 537 g/mol. The number of likely N-dealkylation sites (tertiary alicyclic amines) is 1. The summed E-state index contributed by atoms with van der Waals surface area (Å²) in [4.78, 5) is 27.2. The Morgan fingerprint density at radius 3 is 2.24 bits per heavy atom. The molecule has 0 atom stereocenters. The van der Waals surface area contributed by atoms with Crippen molar-refractivity contribution in [1.29, 1.82) is 0 Å². The molecule has 2 aliphatic rings. The molecule has 1 saturated carbocycles. The van der Waals surface area contributed by atoms with E-state index >= 15 is 0 Å². The first-order valence-electron chi connectivity index (χ1n) is 12.4. The maximum atomic E-state index is 12.8. The van der Waals surface area contributed by atoms with Crippen LogP contribution in [-0.4, -0.2) is 56.9 Å². The third kappa shape index (κ3) is 6.98. The van der Waals surface area contributed by atoms with Crippen LogP contribution in [0.1, 0.15) is 59.5 Å². The summed E-state index contributed by atoms with van der Waals surface area (Å²) in [6.07, 6.45) is 1.17. The number of hydrogen-bond acceptors (Lipinski definition) is 5. The Kier molecular flexibility index (Phi) is 8.08. The number of Topliss-reactive ketones (excluding diaryl/α,β-unsaturated/α-hetero) is 1. The van der Waals surface area contributed by atoms with Crippen molar-refractivity contribution >= 4 is 21.5 Å². The number of carbonyl (C=O) groups excluding carboxylic acids is 2. The highest BCUT2D eigenvalue weighted by Crippen LogP contribution is 2.37. The van der Waals surface area contributed by atoms with Crippen LogP contribution in [0.4, 0.5) is 13.2 Å². The Morgan fingerprint density at radius 1 is 1.00 bits per heavy atom. The van der Waals surface area contributed by atoms with Gasteiger partial charge in [-0.05, 0) is 73.4 Å². The highest BCUT2D eigenvalue weighted by molar-refractivity contribution is 7.90. The summed E-state index contributed by atoms with van der Waals surface area (Å²) < 4.78 is 61.8. The molecule has 2 aromatic rings. The number of benzene rings is 2. The van der Waals surface area contributed by atoms with Gasteiger partial charge in [0.1, 0.15) is 0 Å². The molecule has 2 aromatic carbocycles. The third-order valence-corrected chi connectivity index (χ3v) is 8.52. The van der Waals surface area contributed by atoms with Crippen LogP contribution >= 0.6 is 0 Å². The summed E-state index contributed by atoms with van der Waals surface area (Å²) in [6, 6.07) is 11.8. The van der Waals surface area contributed by atoms with Gasteiger partial charge in [0.2, 0.25) is 0 Å². The molecular weight excluding hydrogens is 505 g/mol. The van der Waals surface area contributed by atoms with Gasteiger partial charge in [-0.2, -0.15) is 13.2 Å². The average Bonchev–Trinajstić information content (AvgIpc) is 2.84. The highest BCUT2D eigenvalue weighted by Gasteiger charge is 2.35. The summed E-state index contributed by atoms with van der Waals surface area (Å²) in [5.74, 6) is -0.188. The van der Waals surface area contributed by atoms with Crippen molar-refractivity contribution in [3.63, 3.8) is 0 Å². The van der Waals surface area contributed by atoms with Crippen molar-refractivity contribution in [3.05, 3.63) is 65.2 Å². The van der Waals surface area contributed by atoms with Crippen LogP contribution in [0.2, 0.25) is 0 Å². The second-order valence-corrected chi connectivity index (χ2v) is 12.2. The molecule has 1 N–H and O–H groups in total. The van der Waals surface area contributed by atoms with E-state index in [4.69, 9.17) is 0 Å². The van der Waals surface area contributed by atoms with E-state index < -0.39 is 27.5 Å². The first kappa shape index (κ1) is 27.3. The van der Waals surface area contributed by atoms with Gasteiger partial charge < -0.3 is 5.32 Å². The number of alkyl halides is 3. The summed E-state index contributed by atoms with van der Waals surface area (Å²) in [6.45, 7) is 1.45. The number of ketones is 1. The van der Waals surface area contributed by atoms with Gasteiger partial charge in [0.25, 0.3) is 5.91 Å². The predicted octanol–water partition coefficient (Wildman–Crippen LogP) is 4.46. The largest absolute Gasteiger partial charge is 0.416 e. The van der Waals surface area contributed by atoms with Gasteiger partial charge >= 0.3 is 6.18 Å². The lowest BCUT2D eigenvalue weighted by Gasteiger charge is -2.46. The van der Waals surface area contributed by atoms with Crippen molar-refractivity contribution in [2.45, 2.75) is 55.1 Å². The predicted molar refractivity (Wildman–Crippen MR) is 133 cm³/mol. The van der Waals surface area contributed by atoms with E-state index in [9.17, 15) is 31.2 Å². The summed E-state index contributed by atoms with van der Waals surface area (Å²) in [7, 11) is -3.20.